The summed E-state index contributed by atoms with van der Waals surface area (Å²) >= 11 is 7.83. The van der Waals surface area contributed by atoms with Gasteiger partial charge >= 0.3 is 0 Å². The van der Waals surface area contributed by atoms with Crippen molar-refractivity contribution in [2.24, 2.45) is 0 Å². The van der Waals surface area contributed by atoms with E-state index in [1.165, 1.54) is 22.4 Å². The second kappa shape index (κ2) is 6.19. The number of pyridine rings is 1. The predicted octanol–water partition coefficient (Wildman–Crippen LogP) is 4.50. The summed E-state index contributed by atoms with van der Waals surface area (Å²) in [4.78, 5) is 5.75. The molecule has 0 aromatic carbocycles. The predicted molar refractivity (Wildman–Crippen MR) is 89.7 cm³/mol. The lowest BCUT2D eigenvalue weighted by molar-refractivity contribution is 0.114. The first-order valence-corrected chi connectivity index (χ1v) is 9.10. The lowest BCUT2D eigenvalue weighted by Gasteiger charge is -2.25. The Morgan fingerprint density at radius 3 is 3.05 bits per heavy atom. The topological polar surface area (TPSA) is 34.2 Å². The number of hydrogen-bond acceptors (Lipinski definition) is 4. The zero-order chi connectivity index (χ0) is 14.9. The van der Waals surface area contributed by atoms with Crippen LogP contribution in [0.15, 0.2) is 24.4 Å². The summed E-state index contributed by atoms with van der Waals surface area (Å²) in [6, 6.07) is 6.64. The van der Waals surface area contributed by atoms with Crippen molar-refractivity contribution in [3.05, 3.63) is 44.7 Å². The molecular formula is C17H19ClN2OS. The second-order valence-corrected chi connectivity index (χ2v) is 7.84. The highest BCUT2D eigenvalue weighted by atomic mass is 35.5. The van der Waals surface area contributed by atoms with E-state index in [9.17, 15) is 0 Å². The summed E-state index contributed by atoms with van der Waals surface area (Å²) in [5.41, 5.74) is 2.61. The minimum Gasteiger partial charge on any atom is -0.474 e. The van der Waals surface area contributed by atoms with Gasteiger partial charge < -0.3 is 10.1 Å². The molecule has 2 aliphatic rings. The molecule has 0 saturated heterocycles. The van der Waals surface area contributed by atoms with Gasteiger partial charge in [0, 0.05) is 29.7 Å². The first-order valence-electron chi connectivity index (χ1n) is 7.91. The van der Waals surface area contributed by atoms with Crippen LogP contribution in [0.5, 0.6) is 5.88 Å². The van der Waals surface area contributed by atoms with Crippen LogP contribution >= 0.6 is 22.9 Å². The fraction of sp³-hybridized carbons (Fsp3) is 0.471. The zero-order valence-electron chi connectivity index (χ0n) is 12.3. The number of thiophene rings is 1. The van der Waals surface area contributed by atoms with E-state index in [0.717, 1.165) is 42.4 Å². The number of fused-ring (bicyclic) bond motifs is 1. The summed E-state index contributed by atoms with van der Waals surface area (Å²) in [5, 5.41) is 3.64. The normalized spacial score (nSPS) is 20.7. The average Bonchev–Trinajstić information content (AvgIpc) is 3.00. The molecule has 22 heavy (non-hydrogen) atoms. The third-order valence-corrected chi connectivity index (χ3v) is 5.88. The van der Waals surface area contributed by atoms with E-state index in [1.807, 2.05) is 6.20 Å². The molecule has 2 heterocycles. The molecule has 0 radical (unpaired) electrons. The molecule has 0 bridgehead atoms. The molecule has 116 valence electrons. The summed E-state index contributed by atoms with van der Waals surface area (Å²) in [5.74, 6) is 0.759. The molecule has 4 rings (SSSR count). The van der Waals surface area contributed by atoms with Crippen LogP contribution < -0.4 is 10.1 Å². The van der Waals surface area contributed by atoms with Gasteiger partial charge in [0.1, 0.15) is 6.10 Å². The van der Waals surface area contributed by atoms with Crippen LogP contribution in [0.4, 0.5) is 0 Å². The highest BCUT2D eigenvalue weighted by Crippen LogP contribution is 2.39. The van der Waals surface area contributed by atoms with Crippen molar-refractivity contribution in [1.82, 2.24) is 10.3 Å². The Bertz CT molecular complexity index is 668. The van der Waals surface area contributed by atoms with E-state index < -0.39 is 0 Å². The number of aryl methyl sites for hydroxylation is 1. The first kappa shape index (κ1) is 14.5. The van der Waals surface area contributed by atoms with Crippen LogP contribution in [-0.4, -0.2) is 11.1 Å². The Hall–Kier alpha value is -1.10. The standard InChI is InChI=1S/C17H19ClN2OS/c18-16-9-13-14(4-5-15(13)22-16)20-10-11-6-7-19-17(8-11)21-12-2-1-3-12/h6-9,12,14,20H,1-5,10H2. The molecule has 2 aromatic rings. The average molecular weight is 335 g/mol. The van der Waals surface area contributed by atoms with Gasteiger partial charge in [0.05, 0.1) is 4.34 Å². The second-order valence-electron chi connectivity index (χ2n) is 6.07. The molecule has 1 unspecified atom stereocenters. The van der Waals surface area contributed by atoms with Gasteiger partial charge in [-0.25, -0.2) is 4.98 Å². The first-order chi connectivity index (χ1) is 10.8. The number of halogens is 1. The van der Waals surface area contributed by atoms with Gasteiger partial charge in [-0.1, -0.05) is 11.6 Å². The van der Waals surface area contributed by atoms with E-state index >= 15 is 0 Å². The lowest BCUT2D eigenvalue weighted by atomic mass is 9.96. The Labute approximate surface area is 139 Å². The molecule has 0 spiro atoms. The Morgan fingerprint density at radius 1 is 1.32 bits per heavy atom. The fourth-order valence-electron chi connectivity index (χ4n) is 3.07. The smallest absolute Gasteiger partial charge is 0.213 e. The van der Waals surface area contributed by atoms with Crippen LogP contribution in [0.25, 0.3) is 0 Å². The summed E-state index contributed by atoms with van der Waals surface area (Å²) < 4.78 is 6.77. The maximum Gasteiger partial charge on any atom is 0.213 e. The Kier molecular flexibility index (Phi) is 4.07. The molecule has 1 N–H and O–H groups in total. The maximum absolute atomic E-state index is 6.12. The number of rotatable bonds is 5. The van der Waals surface area contributed by atoms with Crippen molar-refractivity contribution >= 4 is 22.9 Å². The van der Waals surface area contributed by atoms with E-state index in [2.05, 4.69) is 28.5 Å². The van der Waals surface area contributed by atoms with Crippen LogP contribution in [-0.2, 0) is 13.0 Å². The van der Waals surface area contributed by atoms with Crippen LogP contribution in [0.1, 0.15) is 47.7 Å². The maximum atomic E-state index is 6.12. The number of nitrogens with zero attached hydrogens (tertiary/aromatic N) is 1. The highest BCUT2D eigenvalue weighted by Gasteiger charge is 2.24. The zero-order valence-corrected chi connectivity index (χ0v) is 13.9. The quantitative estimate of drug-likeness (QED) is 0.873. The molecule has 1 saturated carbocycles. The van der Waals surface area contributed by atoms with E-state index in [1.54, 1.807) is 11.3 Å². The molecule has 0 amide bonds. The molecule has 2 aliphatic carbocycles. The van der Waals surface area contributed by atoms with Crippen LogP contribution in [0, 0.1) is 0 Å². The Morgan fingerprint density at radius 2 is 2.23 bits per heavy atom. The van der Waals surface area contributed by atoms with Gasteiger partial charge in [-0.05, 0) is 55.4 Å². The number of nitrogens with one attached hydrogen (secondary N) is 1. The van der Waals surface area contributed by atoms with E-state index in [4.69, 9.17) is 16.3 Å². The molecule has 1 atom stereocenters. The van der Waals surface area contributed by atoms with Crippen molar-refractivity contribution in [1.29, 1.82) is 0 Å². The van der Waals surface area contributed by atoms with Crippen molar-refractivity contribution in [2.75, 3.05) is 0 Å². The fourth-order valence-corrected chi connectivity index (χ4v) is 4.42. The number of ether oxygens (including phenoxy) is 1. The van der Waals surface area contributed by atoms with Crippen molar-refractivity contribution in [2.45, 2.75) is 50.8 Å². The molecule has 2 aromatic heterocycles. The van der Waals surface area contributed by atoms with Gasteiger partial charge in [0.2, 0.25) is 5.88 Å². The summed E-state index contributed by atoms with van der Waals surface area (Å²) in [6.07, 6.45) is 8.11. The lowest BCUT2D eigenvalue weighted by Crippen LogP contribution is -2.25. The third kappa shape index (κ3) is 3.00. The van der Waals surface area contributed by atoms with Crippen LogP contribution in [0.2, 0.25) is 4.34 Å². The van der Waals surface area contributed by atoms with Crippen molar-refractivity contribution in [3.8, 4) is 5.88 Å². The molecule has 5 heteroatoms. The van der Waals surface area contributed by atoms with Crippen molar-refractivity contribution < 1.29 is 4.74 Å². The molecule has 1 fully saturated rings. The van der Waals surface area contributed by atoms with Crippen molar-refractivity contribution in [3.63, 3.8) is 0 Å². The summed E-state index contributed by atoms with van der Waals surface area (Å²) in [7, 11) is 0. The van der Waals surface area contributed by atoms with Gasteiger partial charge in [-0.2, -0.15) is 0 Å². The SMILES string of the molecule is Clc1cc2c(s1)CCC2NCc1ccnc(OC2CCC2)c1. The molecule has 3 nitrogen and oxygen atoms in total. The third-order valence-electron chi connectivity index (χ3n) is 4.54. The van der Waals surface area contributed by atoms with Gasteiger partial charge in [-0.15, -0.1) is 11.3 Å². The number of aromatic nitrogens is 1. The minimum atomic E-state index is 0.376. The molecule has 0 aliphatic heterocycles. The van der Waals surface area contributed by atoms with Crippen LogP contribution in [0.3, 0.4) is 0 Å². The van der Waals surface area contributed by atoms with E-state index in [-0.39, 0.29) is 0 Å². The molecular weight excluding hydrogens is 316 g/mol. The van der Waals surface area contributed by atoms with Gasteiger partial charge in [0.15, 0.2) is 0 Å². The van der Waals surface area contributed by atoms with E-state index in [0.29, 0.717) is 12.1 Å². The minimum absolute atomic E-state index is 0.376. The summed E-state index contributed by atoms with van der Waals surface area (Å²) in [6.45, 7) is 0.834. The van der Waals surface area contributed by atoms with Gasteiger partial charge in [0.25, 0.3) is 0 Å². The monoisotopic (exact) mass is 334 g/mol. The largest absolute Gasteiger partial charge is 0.474 e. The highest BCUT2D eigenvalue weighted by molar-refractivity contribution is 7.16. The van der Waals surface area contributed by atoms with Gasteiger partial charge in [-0.3, -0.25) is 0 Å². The number of hydrogen-bond donors (Lipinski definition) is 1. The Balaban J connectivity index is 1.38.